The highest BCUT2D eigenvalue weighted by molar-refractivity contribution is 5.64. The molecule has 1 aromatic rings. The zero-order chi connectivity index (χ0) is 13.6. The molecule has 2 fully saturated rings. The van der Waals surface area contributed by atoms with Gasteiger partial charge in [0.05, 0.1) is 11.0 Å². The molecule has 1 aliphatic heterocycles. The maximum Gasteiger partial charge on any atom is 0.295 e. The standard InChI is InChI=1S/C13H15FN2O3/c1-19-7-11-9-5-15(6-10(9)11)12-3-2-8(14)4-13(12)16(17)18/h2-4,9-11H,5-7H2,1H3/t9-,10?,11+/m1/s1. The largest absolute Gasteiger partial charge is 0.384 e. The fraction of sp³-hybridized carbons (Fsp3) is 0.538. The molecule has 0 spiro atoms. The Hall–Kier alpha value is -1.69. The second-order valence-electron chi connectivity index (χ2n) is 5.24. The highest BCUT2D eigenvalue weighted by Crippen LogP contribution is 2.53. The van der Waals surface area contributed by atoms with Crippen molar-refractivity contribution in [2.24, 2.45) is 17.8 Å². The van der Waals surface area contributed by atoms with Crippen LogP contribution in [0.4, 0.5) is 15.8 Å². The molecule has 1 aromatic carbocycles. The van der Waals surface area contributed by atoms with Gasteiger partial charge in [0.2, 0.25) is 0 Å². The van der Waals surface area contributed by atoms with Crippen LogP contribution in [0.15, 0.2) is 18.2 Å². The van der Waals surface area contributed by atoms with Gasteiger partial charge in [-0.3, -0.25) is 10.1 Å². The van der Waals surface area contributed by atoms with E-state index in [1.165, 1.54) is 12.1 Å². The Morgan fingerprint density at radius 1 is 1.47 bits per heavy atom. The van der Waals surface area contributed by atoms with Gasteiger partial charge < -0.3 is 9.64 Å². The molecule has 19 heavy (non-hydrogen) atoms. The number of halogens is 1. The molecule has 5 nitrogen and oxygen atoms in total. The van der Waals surface area contributed by atoms with Crippen LogP contribution in [0.5, 0.6) is 0 Å². The van der Waals surface area contributed by atoms with Crippen LogP contribution >= 0.6 is 0 Å². The van der Waals surface area contributed by atoms with Gasteiger partial charge in [0, 0.05) is 26.8 Å². The zero-order valence-electron chi connectivity index (χ0n) is 10.6. The number of anilines is 1. The summed E-state index contributed by atoms with van der Waals surface area (Å²) in [5.74, 6) is 1.13. The molecule has 0 radical (unpaired) electrons. The summed E-state index contributed by atoms with van der Waals surface area (Å²) in [4.78, 5) is 12.4. The van der Waals surface area contributed by atoms with Crippen molar-refractivity contribution in [1.29, 1.82) is 0 Å². The van der Waals surface area contributed by atoms with E-state index >= 15 is 0 Å². The summed E-state index contributed by atoms with van der Waals surface area (Å²) in [6.45, 7) is 2.35. The van der Waals surface area contributed by atoms with E-state index in [1.54, 1.807) is 7.11 Å². The molecular weight excluding hydrogens is 251 g/mol. The van der Waals surface area contributed by atoms with E-state index in [9.17, 15) is 14.5 Å². The zero-order valence-corrected chi connectivity index (χ0v) is 10.6. The van der Waals surface area contributed by atoms with Crippen LogP contribution in [0, 0.1) is 33.7 Å². The Labute approximate surface area is 110 Å². The van der Waals surface area contributed by atoms with Crippen LogP contribution in [0.2, 0.25) is 0 Å². The summed E-state index contributed by atoms with van der Waals surface area (Å²) in [5, 5.41) is 11.0. The first kappa shape index (κ1) is 12.3. The number of fused-ring (bicyclic) bond motifs is 1. The summed E-state index contributed by atoms with van der Waals surface area (Å²) < 4.78 is 18.2. The third-order valence-electron chi connectivity index (χ3n) is 4.21. The van der Waals surface area contributed by atoms with Gasteiger partial charge in [0.1, 0.15) is 11.5 Å². The predicted molar refractivity (Wildman–Crippen MR) is 67.6 cm³/mol. The lowest BCUT2D eigenvalue weighted by Crippen LogP contribution is -2.25. The number of rotatable bonds is 4. The summed E-state index contributed by atoms with van der Waals surface area (Å²) in [5.41, 5.74) is 0.374. The number of nitro groups is 1. The Balaban J connectivity index is 1.77. The van der Waals surface area contributed by atoms with Gasteiger partial charge in [-0.2, -0.15) is 0 Å². The lowest BCUT2D eigenvalue weighted by Gasteiger charge is -2.21. The van der Waals surface area contributed by atoms with Crippen LogP contribution in [0.25, 0.3) is 0 Å². The van der Waals surface area contributed by atoms with Crippen LogP contribution in [-0.4, -0.2) is 31.7 Å². The second-order valence-corrected chi connectivity index (χ2v) is 5.24. The van der Waals surface area contributed by atoms with E-state index in [0.717, 1.165) is 25.8 Å². The minimum atomic E-state index is -0.572. The molecule has 2 aliphatic rings. The third kappa shape index (κ3) is 2.06. The first-order valence-electron chi connectivity index (χ1n) is 6.29. The second kappa shape index (κ2) is 4.45. The summed E-state index contributed by atoms with van der Waals surface area (Å²) in [7, 11) is 1.69. The van der Waals surface area contributed by atoms with E-state index in [0.29, 0.717) is 23.4 Å². The van der Waals surface area contributed by atoms with Crippen LogP contribution < -0.4 is 4.90 Å². The molecule has 102 valence electrons. The van der Waals surface area contributed by atoms with E-state index in [-0.39, 0.29) is 5.69 Å². The Kier molecular flexibility index (Phi) is 2.89. The number of piperidine rings is 1. The monoisotopic (exact) mass is 266 g/mol. The number of ether oxygens (including phenoxy) is 1. The van der Waals surface area contributed by atoms with E-state index in [1.807, 2.05) is 4.90 Å². The molecule has 0 amide bonds. The average molecular weight is 266 g/mol. The van der Waals surface area contributed by atoms with Crippen molar-refractivity contribution in [2.45, 2.75) is 0 Å². The third-order valence-corrected chi connectivity index (χ3v) is 4.21. The van der Waals surface area contributed by atoms with E-state index in [4.69, 9.17) is 4.74 Å². The molecule has 3 rings (SSSR count). The van der Waals surface area contributed by atoms with Gasteiger partial charge in [-0.1, -0.05) is 0 Å². The number of benzene rings is 1. The van der Waals surface area contributed by atoms with E-state index in [2.05, 4.69) is 0 Å². The van der Waals surface area contributed by atoms with Crippen molar-refractivity contribution in [3.05, 3.63) is 34.1 Å². The normalized spacial score (nSPS) is 28.3. The maximum absolute atomic E-state index is 13.1. The van der Waals surface area contributed by atoms with Crippen molar-refractivity contribution < 1.29 is 14.1 Å². The highest BCUT2D eigenvalue weighted by Gasteiger charge is 2.55. The fourth-order valence-corrected chi connectivity index (χ4v) is 3.20. The Morgan fingerprint density at radius 2 is 2.16 bits per heavy atom. The highest BCUT2D eigenvalue weighted by atomic mass is 19.1. The number of nitro benzene ring substituents is 1. The molecule has 1 saturated heterocycles. The van der Waals surface area contributed by atoms with Crippen LogP contribution in [0.1, 0.15) is 0 Å². The number of methoxy groups -OCH3 is 1. The molecule has 1 unspecified atom stereocenters. The lowest BCUT2D eigenvalue weighted by atomic mass is 10.2. The summed E-state index contributed by atoms with van der Waals surface area (Å²) >= 11 is 0. The predicted octanol–water partition coefficient (Wildman–Crippen LogP) is 2.06. The minimum Gasteiger partial charge on any atom is -0.384 e. The quantitative estimate of drug-likeness (QED) is 0.618. The maximum atomic E-state index is 13.1. The van der Waals surface area contributed by atoms with Crippen molar-refractivity contribution in [2.75, 3.05) is 31.7 Å². The topological polar surface area (TPSA) is 55.6 Å². The molecular formula is C13H15FN2O3. The minimum absolute atomic E-state index is 0.149. The van der Waals surface area contributed by atoms with Crippen LogP contribution in [0.3, 0.4) is 0 Å². The molecule has 6 heteroatoms. The lowest BCUT2D eigenvalue weighted by molar-refractivity contribution is -0.384. The number of hydrogen-bond acceptors (Lipinski definition) is 4. The first-order valence-corrected chi connectivity index (χ1v) is 6.29. The van der Waals surface area contributed by atoms with Gasteiger partial charge in [0.15, 0.2) is 0 Å². The molecule has 0 N–H and O–H groups in total. The molecule has 3 atom stereocenters. The van der Waals surface area contributed by atoms with Gasteiger partial charge in [-0.05, 0) is 29.9 Å². The smallest absolute Gasteiger partial charge is 0.295 e. The van der Waals surface area contributed by atoms with Gasteiger partial charge >= 0.3 is 0 Å². The summed E-state index contributed by atoms with van der Waals surface area (Å²) in [6, 6.07) is 3.77. The van der Waals surface area contributed by atoms with Crippen molar-refractivity contribution in [3.8, 4) is 0 Å². The Bertz CT molecular complexity index is 511. The molecule has 1 heterocycles. The van der Waals surface area contributed by atoms with Crippen LogP contribution in [-0.2, 0) is 4.74 Å². The van der Waals surface area contributed by atoms with Crippen molar-refractivity contribution in [3.63, 3.8) is 0 Å². The molecule has 1 saturated carbocycles. The summed E-state index contributed by atoms with van der Waals surface area (Å²) in [6.07, 6.45) is 0. The molecule has 0 aromatic heterocycles. The van der Waals surface area contributed by atoms with E-state index < -0.39 is 10.7 Å². The number of nitrogens with zero attached hydrogens (tertiary/aromatic N) is 2. The van der Waals surface area contributed by atoms with Crippen molar-refractivity contribution in [1.82, 2.24) is 0 Å². The average Bonchev–Trinajstić information content (AvgIpc) is 2.84. The Morgan fingerprint density at radius 3 is 2.74 bits per heavy atom. The van der Waals surface area contributed by atoms with Gasteiger partial charge in [-0.15, -0.1) is 0 Å². The van der Waals surface area contributed by atoms with Gasteiger partial charge in [-0.25, -0.2) is 4.39 Å². The SMILES string of the molecule is COC[C@@H]1C2CN(c3ccc(F)cc3[N+](=O)[O-])C[C@H]21. The fourth-order valence-electron chi connectivity index (χ4n) is 3.20. The van der Waals surface area contributed by atoms with Gasteiger partial charge in [0.25, 0.3) is 5.69 Å². The first-order chi connectivity index (χ1) is 9.11. The number of hydrogen-bond donors (Lipinski definition) is 0. The molecule has 1 aliphatic carbocycles. The van der Waals surface area contributed by atoms with Crippen molar-refractivity contribution >= 4 is 11.4 Å². The molecule has 0 bridgehead atoms.